The average Bonchev–Trinajstić information content (AvgIpc) is 3.50. The van der Waals surface area contributed by atoms with Crippen molar-refractivity contribution in [3.63, 3.8) is 0 Å². The summed E-state index contributed by atoms with van der Waals surface area (Å²) in [5.74, 6) is 0.967. The molecule has 0 aliphatic carbocycles. The Balaban J connectivity index is 1.48. The second-order valence-electron chi connectivity index (χ2n) is 11.0. The quantitative estimate of drug-likeness (QED) is 0.276. The number of ether oxygens (including phenoxy) is 2. The molecule has 2 saturated heterocycles. The van der Waals surface area contributed by atoms with Crippen LogP contribution >= 0.6 is 0 Å². The highest BCUT2D eigenvalue weighted by atomic mass is 19.1. The Morgan fingerprint density at radius 2 is 2.12 bits per heavy atom. The van der Waals surface area contributed by atoms with Gasteiger partial charge in [-0.1, -0.05) is 12.0 Å². The van der Waals surface area contributed by atoms with E-state index in [4.69, 9.17) is 15.9 Å². The van der Waals surface area contributed by atoms with E-state index in [9.17, 15) is 13.9 Å². The lowest BCUT2D eigenvalue weighted by Gasteiger charge is -2.30. The van der Waals surface area contributed by atoms with Crippen molar-refractivity contribution >= 4 is 27.5 Å². The molecule has 2 aromatic carbocycles. The number of fused-ring (bicyclic) bond motifs is 3. The van der Waals surface area contributed by atoms with Gasteiger partial charge in [0.1, 0.15) is 41.4 Å². The molecule has 4 aromatic rings. The Morgan fingerprint density at radius 3 is 2.90 bits per heavy atom. The molecule has 0 radical (unpaired) electrons. The number of alkyl halides is 1. The summed E-state index contributed by atoms with van der Waals surface area (Å²) in [4.78, 5) is 15.4. The summed E-state index contributed by atoms with van der Waals surface area (Å²) in [6.45, 7) is 3.54. The minimum atomic E-state index is -0.930. The van der Waals surface area contributed by atoms with Crippen LogP contribution in [0.4, 0.5) is 19.0 Å². The van der Waals surface area contributed by atoms with Gasteiger partial charge >= 0.3 is 6.01 Å². The molecule has 42 heavy (non-hydrogen) atoms. The van der Waals surface area contributed by atoms with Crippen LogP contribution in [0.5, 0.6) is 11.8 Å². The van der Waals surface area contributed by atoms with E-state index in [0.29, 0.717) is 24.9 Å². The number of phenolic OH excluding ortho intramolecular Hbond substituents is 1. The zero-order valence-corrected chi connectivity index (χ0v) is 23.3. The van der Waals surface area contributed by atoms with Crippen molar-refractivity contribution in [1.29, 1.82) is 0 Å². The molecule has 3 atom stereocenters. The predicted octanol–water partition coefficient (Wildman–Crippen LogP) is 5.21. The first-order valence-corrected chi connectivity index (χ1v) is 13.8. The molecule has 4 heterocycles. The minimum absolute atomic E-state index is 0.0745. The fourth-order valence-corrected chi connectivity index (χ4v) is 6.15. The maximum atomic E-state index is 16.4. The van der Waals surface area contributed by atoms with E-state index in [1.165, 1.54) is 30.5 Å². The summed E-state index contributed by atoms with van der Waals surface area (Å²) >= 11 is 0. The predicted molar refractivity (Wildman–Crippen MR) is 153 cm³/mol. The smallest absolute Gasteiger partial charge is 0.319 e. The molecule has 0 saturated carbocycles. The number of hydrogen-bond donors (Lipinski definition) is 2. The normalized spacial score (nSPS) is 21.0. The largest absolute Gasteiger partial charge is 0.508 e. The van der Waals surface area contributed by atoms with Crippen molar-refractivity contribution in [1.82, 2.24) is 19.9 Å². The molecule has 2 fully saturated rings. The number of anilines is 1. The topological polar surface area (TPSA) is 92.6 Å². The molecule has 218 valence electrons. The first kappa shape index (κ1) is 28.0. The molecule has 6 rings (SSSR count). The van der Waals surface area contributed by atoms with Gasteiger partial charge in [0, 0.05) is 43.8 Å². The number of benzene rings is 2. The minimum Gasteiger partial charge on any atom is -0.508 e. The van der Waals surface area contributed by atoms with Crippen molar-refractivity contribution in [3.8, 4) is 35.4 Å². The number of terminal acetylenes is 1. The van der Waals surface area contributed by atoms with Gasteiger partial charge in [-0.2, -0.15) is 9.97 Å². The van der Waals surface area contributed by atoms with Crippen molar-refractivity contribution in [2.24, 2.45) is 0 Å². The maximum absolute atomic E-state index is 16.4. The summed E-state index contributed by atoms with van der Waals surface area (Å²) in [5.41, 5.74) is -0.685. The number of rotatable bonds is 8. The third-order valence-electron chi connectivity index (χ3n) is 8.31. The van der Waals surface area contributed by atoms with Crippen molar-refractivity contribution in [2.45, 2.75) is 44.0 Å². The number of nitrogens with one attached hydrogen (secondary N) is 1. The molecule has 8 nitrogen and oxygen atoms in total. The highest BCUT2D eigenvalue weighted by Crippen LogP contribution is 2.41. The van der Waals surface area contributed by atoms with Gasteiger partial charge in [0.25, 0.3) is 0 Å². The van der Waals surface area contributed by atoms with E-state index in [2.05, 4.69) is 31.1 Å². The zero-order valence-electron chi connectivity index (χ0n) is 23.3. The van der Waals surface area contributed by atoms with Crippen LogP contribution < -0.4 is 10.1 Å². The highest BCUT2D eigenvalue weighted by molar-refractivity contribution is 6.02. The molecule has 2 aliphatic rings. The van der Waals surface area contributed by atoms with Crippen LogP contribution in [0.1, 0.15) is 31.7 Å². The summed E-state index contributed by atoms with van der Waals surface area (Å²) in [6.07, 6.45) is 8.01. The summed E-state index contributed by atoms with van der Waals surface area (Å²) < 4.78 is 56.8. The molecule has 0 amide bonds. The van der Waals surface area contributed by atoms with Crippen LogP contribution in [0.3, 0.4) is 0 Å². The summed E-state index contributed by atoms with van der Waals surface area (Å²) in [6, 6.07) is 5.28. The lowest BCUT2D eigenvalue weighted by Crippen LogP contribution is -2.43. The Hall–Kier alpha value is -4.14. The second-order valence-corrected chi connectivity index (χ2v) is 11.0. The Labute approximate surface area is 240 Å². The average molecular weight is 578 g/mol. The number of methoxy groups -OCH3 is 1. The summed E-state index contributed by atoms with van der Waals surface area (Å²) in [7, 11) is 1.58. The fourth-order valence-electron chi connectivity index (χ4n) is 6.15. The second kappa shape index (κ2) is 10.9. The fraction of sp³-hybridized carbons (Fsp3) is 0.387. The molecule has 2 aromatic heterocycles. The Kier molecular flexibility index (Phi) is 7.29. The van der Waals surface area contributed by atoms with Gasteiger partial charge in [-0.05, 0) is 49.9 Å². The Morgan fingerprint density at radius 1 is 1.29 bits per heavy atom. The number of aromatic hydroxyl groups is 1. The molecular formula is C31H30F3N5O3. The van der Waals surface area contributed by atoms with Crippen LogP contribution in [0.2, 0.25) is 0 Å². The van der Waals surface area contributed by atoms with E-state index in [-0.39, 0.29) is 63.4 Å². The number of hydrogen-bond acceptors (Lipinski definition) is 8. The van der Waals surface area contributed by atoms with E-state index in [1.54, 1.807) is 7.11 Å². The molecule has 2 aliphatic heterocycles. The maximum Gasteiger partial charge on any atom is 0.319 e. The van der Waals surface area contributed by atoms with Crippen molar-refractivity contribution < 1.29 is 27.8 Å². The van der Waals surface area contributed by atoms with E-state index < -0.39 is 23.3 Å². The number of halogens is 3. The third kappa shape index (κ3) is 4.84. The van der Waals surface area contributed by atoms with Gasteiger partial charge in [0.2, 0.25) is 0 Å². The van der Waals surface area contributed by atoms with Crippen LogP contribution in [-0.2, 0) is 4.74 Å². The summed E-state index contributed by atoms with van der Waals surface area (Å²) in [5, 5.41) is 14.5. The highest BCUT2D eigenvalue weighted by Gasteiger charge is 2.49. The molecular weight excluding hydrogens is 547 g/mol. The van der Waals surface area contributed by atoms with E-state index >= 15 is 4.39 Å². The van der Waals surface area contributed by atoms with Crippen LogP contribution in [0, 0.1) is 24.0 Å². The third-order valence-corrected chi connectivity index (χ3v) is 8.31. The molecule has 0 spiro atoms. The number of pyridine rings is 1. The lowest BCUT2D eigenvalue weighted by molar-refractivity contribution is 0.107. The lowest BCUT2D eigenvalue weighted by atomic mass is 9.95. The zero-order chi connectivity index (χ0) is 29.6. The SMILES string of the molecule is C#Cc1c(F)ccc2cc(O)cc(-c3ncc4c(NC[C@H](C)OC)nc(OC[C@@]56CCCN5C[C@H](F)C6)nc4c3F)c12. The monoisotopic (exact) mass is 577 g/mol. The first-order chi connectivity index (χ1) is 20.2. The number of aromatic nitrogens is 3. The van der Waals surface area contributed by atoms with Gasteiger partial charge in [-0.3, -0.25) is 9.88 Å². The molecule has 2 N–H and O–H groups in total. The number of nitrogens with zero attached hydrogens (tertiary/aromatic N) is 4. The molecule has 0 unspecified atom stereocenters. The van der Waals surface area contributed by atoms with Crippen LogP contribution in [0.25, 0.3) is 32.9 Å². The number of phenols is 1. The van der Waals surface area contributed by atoms with Crippen LogP contribution in [0.15, 0.2) is 30.5 Å². The molecule has 0 bridgehead atoms. The van der Waals surface area contributed by atoms with Gasteiger partial charge in [0.15, 0.2) is 5.82 Å². The van der Waals surface area contributed by atoms with E-state index in [1.807, 2.05) is 6.92 Å². The van der Waals surface area contributed by atoms with Gasteiger partial charge < -0.3 is 19.9 Å². The van der Waals surface area contributed by atoms with Crippen molar-refractivity contribution in [3.05, 3.63) is 47.7 Å². The standard InChI is InChI=1S/C31H30F3N5O3/c1-4-21-24(33)7-6-18-10-20(40)11-22(25(18)21)27-26(34)28-23(14-35-27)29(36-13-17(2)41-3)38-30(37-28)42-16-31-8-5-9-39(31)15-19(32)12-31/h1,6-7,10-11,14,17,19,40H,5,8-9,12-13,15-16H2,2-3H3,(H,36,37,38)/t17-,19+,31-/m0/s1. The molecule has 11 heteroatoms. The van der Waals surface area contributed by atoms with Gasteiger partial charge in [-0.25, -0.2) is 13.2 Å². The Bertz CT molecular complexity index is 1730. The van der Waals surface area contributed by atoms with Crippen LogP contribution in [-0.4, -0.2) is 76.1 Å². The first-order valence-electron chi connectivity index (χ1n) is 13.8. The van der Waals surface area contributed by atoms with Gasteiger partial charge in [-0.15, -0.1) is 6.42 Å². The van der Waals surface area contributed by atoms with E-state index in [0.717, 1.165) is 19.4 Å². The van der Waals surface area contributed by atoms with Crippen molar-refractivity contribution in [2.75, 3.05) is 38.7 Å². The van der Waals surface area contributed by atoms with Gasteiger partial charge in [0.05, 0.1) is 22.6 Å².